The Bertz CT molecular complexity index is 583. The second-order valence-electron chi connectivity index (χ2n) is 4.48. The molecule has 0 aliphatic carbocycles. The van der Waals surface area contributed by atoms with Gasteiger partial charge in [-0.2, -0.15) is 0 Å². The van der Waals surface area contributed by atoms with Gasteiger partial charge in [0, 0.05) is 11.4 Å². The number of aryl methyl sites for hydroxylation is 1. The Morgan fingerprint density at radius 1 is 1.15 bits per heavy atom. The number of hydrogen-bond donors (Lipinski definition) is 1. The van der Waals surface area contributed by atoms with Crippen molar-refractivity contribution in [1.82, 2.24) is 5.32 Å². The molecule has 0 aliphatic rings. The minimum Gasteiger partial charge on any atom is -0.351 e. The molecule has 0 atom stereocenters. The van der Waals surface area contributed by atoms with E-state index in [0.29, 0.717) is 17.3 Å². The summed E-state index contributed by atoms with van der Waals surface area (Å²) < 4.78 is 0. The van der Waals surface area contributed by atoms with Crippen molar-refractivity contribution in [2.24, 2.45) is 0 Å². The molecule has 0 heterocycles. The highest BCUT2D eigenvalue weighted by Crippen LogP contribution is 2.26. The topological polar surface area (TPSA) is 29.1 Å². The lowest BCUT2D eigenvalue weighted by Crippen LogP contribution is -2.24. The van der Waals surface area contributed by atoms with Crippen LogP contribution < -0.4 is 5.32 Å². The number of carbonyl (C=O) groups is 1. The number of nitrogens with one attached hydrogen (secondary N) is 1. The standard InChI is InChI=1S/C16H16ClNOS/c1-12-6-8-13(9-7-12)10-18-16(19)11-20-15-5-3-2-4-14(15)17/h2-9H,10-11H2,1H3,(H,18,19). The first-order valence-electron chi connectivity index (χ1n) is 6.35. The van der Waals surface area contributed by atoms with Gasteiger partial charge in [-0.25, -0.2) is 0 Å². The van der Waals surface area contributed by atoms with E-state index in [9.17, 15) is 4.79 Å². The molecule has 2 aromatic carbocycles. The maximum atomic E-state index is 11.8. The van der Waals surface area contributed by atoms with Crippen LogP contribution in [0, 0.1) is 6.92 Å². The van der Waals surface area contributed by atoms with Crippen LogP contribution in [0.3, 0.4) is 0 Å². The van der Waals surface area contributed by atoms with Crippen LogP contribution in [-0.2, 0) is 11.3 Å². The maximum absolute atomic E-state index is 11.8. The van der Waals surface area contributed by atoms with Gasteiger partial charge in [0.2, 0.25) is 5.91 Å². The van der Waals surface area contributed by atoms with Gasteiger partial charge in [0.15, 0.2) is 0 Å². The van der Waals surface area contributed by atoms with E-state index in [1.54, 1.807) is 0 Å². The zero-order valence-electron chi connectivity index (χ0n) is 11.2. The Balaban J connectivity index is 1.78. The third-order valence-electron chi connectivity index (χ3n) is 2.81. The maximum Gasteiger partial charge on any atom is 0.230 e. The van der Waals surface area contributed by atoms with E-state index in [2.05, 4.69) is 5.32 Å². The third-order valence-corrected chi connectivity index (χ3v) is 4.32. The van der Waals surface area contributed by atoms with Gasteiger partial charge < -0.3 is 5.32 Å². The summed E-state index contributed by atoms with van der Waals surface area (Å²) >= 11 is 7.49. The Kier molecular flexibility index (Phi) is 5.50. The van der Waals surface area contributed by atoms with Gasteiger partial charge >= 0.3 is 0 Å². The van der Waals surface area contributed by atoms with Crippen LogP contribution in [0.2, 0.25) is 5.02 Å². The predicted molar refractivity (Wildman–Crippen MR) is 85.2 cm³/mol. The summed E-state index contributed by atoms with van der Waals surface area (Å²) in [6.07, 6.45) is 0. The summed E-state index contributed by atoms with van der Waals surface area (Å²) in [7, 11) is 0. The first-order valence-corrected chi connectivity index (χ1v) is 7.71. The van der Waals surface area contributed by atoms with Crippen LogP contribution in [-0.4, -0.2) is 11.7 Å². The Morgan fingerprint density at radius 2 is 1.85 bits per heavy atom. The fraction of sp³-hybridized carbons (Fsp3) is 0.188. The quantitative estimate of drug-likeness (QED) is 0.844. The molecule has 4 heteroatoms. The lowest BCUT2D eigenvalue weighted by atomic mass is 10.1. The number of carbonyl (C=O) groups excluding carboxylic acids is 1. The summed E-state index contributed by atoms with van der Waals surface area (Å²) in [6.45, 7) is 2.60. The highest BCUT2D eigenvalue weighted by Gasteiger charge is 2.05. The molecular formula is C16H16ClNOS. The van der Waals surface area contributed by atoms with E-state index in [4.69, 9.17) is 11.6 Å². The van der Waals surface area contributed by atoms with Crippen LogP contribution in [0.5, 0.6) is 0 Å². The molecule has 0 unspecified atom stereocenters. The van der Waals surface area contributed by atoms with Crippen molar-refractivity contribution in [1.29, 1.82) is 0 Å². The second kappa shape index (κ2) is 7.36. The molecular weight excluding hydrogens is 290 g/mol. The molecule has 0 spiro atoms. The summed E-state index contributed by atoms with van der Waals surface area (Å²) in [6, 6.07) is 15.7. The van der Waals surface area contributed by atoms with Gasteiger partial charge in [-0.3, -0.25) is 4.79 Å². The van der Waals surface area contributed by atoms with E-state index in [0.717, 1.165) is 10.5 Å². The number of benzene rings is 2. The predicted octanol–water partition coefficient (Wildman–Crippen LogP) is 4.06. The average Bonchev–Trinajstić information content (AvgIpc) is 2.46. The summed E-state index contributed by atoms with van der Waals surface area (Å²) in [5.41, 5.74) is 2.32. The molecule has 0 bridgehead atoms. The summed E-state index contributed by atoms with van der Waals surface area (Å²) in [5, 5.41) is 3.59. The van der Waals surface area contributed by atoms with Gasteiger partial charge in [-0.05, 0) is 24.6 Å². The highest BCUT2D eigenvalue weighted by atomic mass is 35.5. The fourth-order valence-corrected chi connectivity index (χ4v) is 2.73. The minimum atomic E-state index is 0.00972. The molecule has 0 radical (unpaired) electrons. The van der Waals surface area contributed by atoms with Crippen LogP contribution in [0.15, 0.2) is 53.4 Å². The molecule has 2 nitrogen and oxygen atoms in total. The molecule has 1 N–H and O–H groups in total. The first kappa shape index (κ1) is 14.9. The largest absolute Gasteiger partial charge is 0.351 e. The van der Waals surface area contributed by atoms with Gasteiger partial charge in [0.05, 0.1) is 10.8 Å². The zero-order chi connectivity index (χ0) is 14.4. The fourth-order valence-electron chi connectivity index (χ4n) is 1.66. The second-order valence-corrected chi connectivity index (χ2v) is 5.91. The van der Waals surface area contributed by atoms with Gasteiger partial charge in [-0.15, -0.1) is 11.8 Å². The highest BCUT2D eigenvalue weighted by molar-refractivity contribution is 8.00. The van der Waals surface area contributed by atoms with Gasteiger partial charge in [-0.1, -0.05) is 53.6 Å². The first-order chi connectivity index (χ1) is 9.65. The number of amides is 1. The van der Waals surface area contributed by atoms with Crippen LogP contribution in [0.4, 0.5) is 0 Å². The molecule has 0 saturated carbocycles. The minimum absolute atomic E-state index is 0.00972. The van der Waals surface area contributed by atoms with Crippen LogP contribution >= 0.6 is 23.4 Å². The van der Waals surface area contributed by atoms with E-state index in [1.165, 1.54) is 17.3 Å². The Labute approximate surface area is 128 Å². The van der Waals surface area contributed by atoms with E-state index < -0.39 is 0 Å². The molecule has 0 fully saturated rings. The average molecular weight is 306 g/mol. The molecule has 0 aliphatic heterocycles. The SMILES string of the molecule is Cc1ccc(CNC(=O)CSc2ccccc2Cl)cc1. The molecule has 2 rings (SSSR count). The summed E-state index contributed by atoms with van der Waals surface area (Å²) in [5.74, 6) is 0.380. The number of thioether (sulfide) groups is 1. The summed E-state index contributed by atoms with van der Waals surface area (Å²) in [4.78, 5) is 12.7. The molecule has 104 valence electrons. The van der Waals surface area contributed by atoms with Crippen molar-refractivity contribution in [3.63, 3.8) is 0 Å². The Morgan fingerprint density at radius 3 is 2.55 bits per heavy atom. The van der Waals surface area contributed by atoms with Crippen molar-refractivity contribution in [3.05, 3.63) is 64.7 Å². The van der Waals surface area contributed by atoms with E-state index in [-0.39, 0.29) is 5.91 Å². The monoisotopic (exact) mass is 305 g/mol. The van der Waals surface area contributed by atoms with Crippen LogP contribution in [0.25, 0.3) is 0 Å². The van der Waals surface area contributed by atoms with Crippen molar-refractivity contribution < 1.29 is 4.79 Å². The zero-order valence-corrected chi connectivity index (χ0v) is 12.8. The molecule has 20 heavy (non-hydrogen) atoms. The lowest BCUT2D eigenvalue weighted by molar-refractivity contribution is -0.118. The normalized spacial score (nSPS) is 10.3. The smallest absolute Gasteiger partial charge is 0.230 e. The van der Waals surface area contributed by atoms with Gasteiger partial charge in [0.25, 0.3) is 0 Å². The third kappa shape index (κ3) is 4.58. The number of rotatable bonds is 5. The van der Waals surface area contributed by atoms with Crippen molar-refractivity contribution >= 4 is 29.3 Å². The van der Waals surface area contributed by atoms with Crippen LogP contribution in [0.1, 0.15) is 11.1 Å². The number of hydrogen-bond acceptors (Lipinski definition) is 2. The van der Waals surface area contributed by atoms with E-state index in [1.807, 2.05) is 55.5 Å². The Hall–Kier alpha value is -1.45. The molecule has 1 amide bonds. The molecule has 0 saturated heterocycles. The molecule has 0 aromatic heterocycles. The van der Waals surface area contributed by atoms with E-state index >= 15 is 0 Å². The van der Waals surface area contributed by atoms with Gasteiger partial charge in [0.1, 0.15) is 0 Å². The van der Waals surface area contributed by atoms with Crippen molar-refractivity contribution in [3.8, 4) is 0 Å². The number of halogens is 1. The van der Waals surface area contributed by atoms with Crippen molar-refractivity contribution in [2.45, 2.75) is 18.4 Å². The lowest BCUT2D eigenvalue weighted by Gasteiger charge is -2.06. The van der Waals surface area contributed by atoms with Crippen molar-refractivity contribution in [2.75, 3.05) is 5.75 Å². The molecule has 2 aromatic rings.